The first-order valence-electron chi connectivity index (χ1n) is 11.6. The van der Waals surface area contributed by atoms with E-state index in [0.717, 1.165) is 17.7 Å². The molecule has 1 atom stereocenters. The van der Waals surface area contributed by atoms with E-state index >= 15 is 0 Å². The first-order chi connectivity index (χ1) is 18.1. The Balaban J connectivity index is 1.33. The van der Waals surface area contributed by atoms with Gasteiger partial charge in [-0.1, -0.05) is 41.9 Å². The highest BCUT2D eigenvalue weighted by atomic mass is 35.5. The number of anilines is 1. The topological polar surface area (TPSA) is 68.3 Å². The Morgan fingerprint density at radius 1 is 1.13 bits per heavy atom. The first-order valence-corrected chi connectivity index (χ1v) is 12.8. The average Bonchev–Trinajstić information content (AvgIpc) is 3.22. The van der Waals surface area contributed by atoms with E-state index in [4.69, 9.17) is 16.3 Å². The Hall–Kier alpha value is -3.69. The van der Waals surface area contributed by atoms with Gasteiger partial charge in [-0.05, 0) is 60.0 Å². The molecule has 3 aromatic carbocycles. The molecule has 4 aromatic rings. The van der Waals surface area contributed by atoms with Gasteiger partial charge in [0, 0.05) is 28.3 Å². The molecule has 38 heavy (non-hydrogen) atoms. The zero-order chi connectivity index (χ0) is 27.0. The number of hydrogen-bond acceptors (Lipinski definition) is 5. The smallest absolute Gasteiger partial charge is 0.416 e. The van der Waals surface area contributed by atoms with Crippen LogP contribution in [-0.4, -0.2) is 16.9 Å². The molecule has 1 unspecified atom stereocenters. The number of aromatic nitrogens is 1. The number of alkyl halides is 3. The molecule has 0 saturated carbocycles. The van der Waals surface area contributed by atoms with Gasteiger partial charge in [0.1, 0.15) is 6.10 Å². The minimum absolute atomic E-state index is 0.143. The maximum absolute atomic E-state index is 13.1. The molecular formula is C28H20ClF3N2O3S. The molecule has 1 N–H and O–H groups in total. The third kappa shape index (κ3) is 5.44. The van der Waals surface area contributed by atoms with Crippen molar-refractivity contribution in [2.24, 2.45) is 0 Å². The molecule has 1 aliphatic heterocycles. The van der Waals surface area contributed by atoms with Gasteiger partial charge in [0.25, 0.3) is 5.91 Å². The standard InChI is InChI=1S/C28H20ClF3N2O3S/c1-15-24(14-19-12-20(28(30,31)32)8-10-22(19)29)38-27(33-15)34-25(35)17-7-9-21-18(11-17)13-23(37-26(21)36)16-5-3-2-4-6-16/h2-12,23H,13-14H2,1H3,(H,33,34,35). The second-order valence-electron chi connectivity index (χ2n) is 8.84. The summed E-state index contributed by atoms with van der Waals surface area (Å²) in [5, 5.41) is 3.29. The summed E-state index contributed by atoms with van der Waals surface area (Å²) >= 11 is 7.32. The quantitative estimate of drug-likeness (QED) is 0.260. The van der Waals surface area contributed by atoms with Crippen LogP contribution in [0.25, 0.3) is 0 Å². The fourth-order valence-electron chi connectivity index (χ4n) is 4.26. The molecular weight excluding hydrogens is 537 g/mol. The van der Waals surface area contributed by atoms with Gasteiger partial charge in [0.05, 0.1) is 16.8 Å². The summed E-state index contributed by atoms with van der Waals surface area (Å²) in [5.74, 6) is -0.860. The van der Waals surface area contributed by atoms with Crippen LogP contribution < -0.4 is 5.32 Å². The molecule has 0 saturated heterocycles. The molecule has 10 heteroatoms. The Morgan fingerprint density at radius 3 is 2.63 bits per heavy atom. The van der Waals surface area contributed by atoms with Crippen LogP contribution >= 0.6 is 22.9 Å². The Morgan fingerprint density at radius 2 is 1.89 bits per heavy atom. The minimum Gasteiger partial charge on any atom is -0.454 e. The number of benzene rings is 3. The molecule has 5 nitrogen and oxygen atoms in total. The van der Waals surface area contributed by atoms with Gasteiger partial charge < -0.3 is 4.74 Å². The number of nitrogens with one attached hydrogen (secondary N) is 1. The second kappa shape index (κ2) is 10.2. The predicted octanol–water partition coefficient (Wildman–Crippen LogP) is 7.42. The van der Waals surface area contributed by atoms with E-state index in [1.54, 1.807) is 25.1 Å². The number of halogens is 4. The summed E-state index contributed by atoms with van der Waals surface area (Å²) in [5.41, 5.74) is 2.46. The zero-order valence-electron chi connectivity index (χ0n) is 19.9. The fourth-order valence-corrected chi connectivity index (χ4v) is 5.43. The van der Waals surface area contributed by atoms with E-state index in [0.29, 0.717) is 44.4 Å². The minimum atomic E-state index is -4.48. The van der Waals surface area contributed by atoms with Crippen molar-refractivity contribution < 1.29 is 27.5 Å². The van der Waals surface area contributed by atoms with Gasteiger partial charge in [-0.25, -0.2) is 9.78 Å². The van der Waals surface area contributed by atoms with E-state index in [1.807, 2.05) is 30.3 Å². The number of thiazole rings is 1. The van der Waals surface area contributed by atoms with Crippen LogP contribution in [0.15, 0.2) is 66.7 Å². The van der Waals surface area contributed by atoms with Crippen molar-refractivity contribution in [1.29, 1.82) is 0 Å². The molecule has 0 aliphatic carbocycles. The Labute approximate surface area is 225 Å². The van der Waals surface area contributed by atoms with E-state index in [2.05, 4.69) is 10.3 Å². The number of nitrogens with zero attached hydrogens (tertiary/aromatic N) is 1. The highest BCUT2D eigenvalue weighted by Gasteiger charge is 2.31. The van der Waals surface area contributed by atoms with Crippen molar-refractivity contribution in [1.82, 2.24) is 4.98 Å². The largest absolute Gasteiger partial charge is 0.454 e. The third-order valence-electron chi connectivity index (χ3n) is 6.25. The van der Waals surface area contributed by atoms with Crippen LogP contribution in [0.4, 0.5) is 18.3 Å². The highest BCUT2D eigenvalue weighted by Crippen LogP contribution is 2.35. The van der Waals surface area contributed by atoms with Crippen LogP contribution in [0.5, 0.6) is 0 Å². The van der Waals surface area contributed by atoms with E-state index in [9.17, 15) is 22.8 Å². The summed E-state index contributed by atoms with van der Waals surface area (Å²) in [6.45, 7) is 1.72. The van der Waals surface area contributed by atoms with Crippen LogP contribution in [0.2, 0.25) is 5.02 Å². The van der Waals surface area contributed by atoms with Gasteiger partial charge in [0.15, 0.2) is 5.13 Å². The molecule has 1 amide bonds. The van der Waals surface area contributed by atoms with Crippen molar-refractivity contribution in [3.05, 3.63) is 116 Å². The number of aryl methyl sites for hydroxylation is 1. The summed E-state index contributed by atoms with van der Waals surface area (Å²) in [7, 11) is 0. The average molecular weight is 557 g/mol. The van der Waals surface area contributed by atoms with Crippen LogP contribution in [0.1, 0.15) is 59.6 Å². The van der Waals surface area contributed by atoms with E-state index in [-0.39, 0.29) is 11.4 Å². The van der Waals surface area contributed by atoms with Crippen LogP contribution in [0.3, 0.4) is 0 Å². The lowest BCUT2D eigenvalue weighted by Gasteiger charge is -2.25. The molecule has 0 fully saturated rings. The fraction of sp³-hybridized carbons (Fsp3) is 0.179. The maximum Gasteiger partial charge on any atom is 0.416 e. The lowest BCUT2D eigenvalue weighted by molar-refractivity contribution is -0.137. The molecule has 0 spiro atoms. The van der Waals surface area contributed by atoms with Crippen molar-refractivity contribution in [3.63, 3.8) is 0 Å². The number of hydrogen-bond donors (Lipinski definition) is 1. The number of esters is 1. The molecule has 1 aliphatic rings. The Bertz CT molecular complexity index is 1540. The lowest BCUT2D eigenvalue weighted by atomic mass is 9.93. The monoisotopic (exact) mass is 556 g/mol. The van der Waals surface area contributed by atoms with Crippen molar-refractivity contribution in [2.45, 2.75) is 32.0 Å². The molecule has 5 rings (SSSR count). The molecule has 194 valence electrons. The van der Waals surface area contributed by atoms with Gasteiger partial charge in [-0.15, -0.1) is 11.3 Å². The van der Waals surface area contributed by atoms with Crippen molar-refractivity contribution in [2.75, 3.05) is 5.32 Å². The van der Waals surface area contributed by atoms with Gasteiger partial charge in [-0.3, -0.25) is 10.1 Å². The first kappa shape index (κ1) is 25.9. The molecule has 1 aromatic heterocycles. The molecule has 0 bridgehead atoms. The summed E-state index contributed by atoms with van der Waals surface area (Å²) in [4.78, 5) is 30.6. The van der Waals surface area contributed by atoms with E-state index < -0.39 is 29.7 Å². The number of carbonyl (C=O) groups excluding carboxylic acids is 2. The van der Waals surface area contributed by atoms with Crippen molar-refractivity contribution in [3.8, 4) is 0 Å². The van der Waals surface area contributed by atoms with Gasteiger partial charge >= 0.3 is 12.1 Å². The zero-order valence-corrected chi connectivity index (χ0v) is 21.5. The number of amides is 1. The van der Waals surface area contributed by atoms with Crippen LogP contribution in [0, 0.1) is 6.92 Å². The second-order valence-corrected chi connectivity index (χ2v) is 10.3. The lowest BCUT2D eigenvalue weighted by Crippen LogP contribution is -2.23. The van der Waals surface area contributed by atoms with Gasteiger partial charge in [0.2, 0.25) is 0 Å². The normalized spacial score (nSPS) is 15.1. The maximum atomic E-state index is 13.1. The summed E-state index contributed by atoms with van der Waals surface area (Å²) in [6, 6.07) is 17.4. The molecule has 2 heterocycles. The SMILES string of the molecule is Cc1nc(NC(=O)c2ccc3c(c2)CC(c2ccccc2)OC3=O)sc1Cc1cc(C(F)(F)F)ccc1Cl. The number of ether oxygens (including phenoxy) is 1. The summed E-state index contributed by atoms with van der Waals surface area (Å²) < 4.78 is 45.0. The highest BCUT2D eigenvalue weighted by molar-refractivity contribution is 7.15. The number of rotatable bonds is 5. The number of carbonyl (C=O) groups is 2. The summed E-state index contributed by atoms with van der Waals surface area (Å²) in [6.07, 6.45) is -4.34. The Kier molecular flexibility index (Phi) is 6.98. The molecule has 0 radical (unpaired) electrons. The number of cyclic esters (lactones) is 1. The van der Waals surface area contributed by atoms with Gasteiger partial charge in [-0.2, -0.15) is 13.2 Å². The van der Waals surface area contributed by atoms with Crippen molar-refractivity contribution >= 4 is 39.9 Å². The predicted molar refractivity (Wildman–Crippen MR) is 139 cm³/mol. The van der Waals surface area contributed by atoms with E-state index in [1.165, 1.54) is 17.4 Å². The third-order valence-corrected chi connectivity index (χ3v) is 7.69. The van der Waals surface area contributed by atoms with Crippen LogP contribution in [-0.2, 0) is 23.8 Å². The number of fused-ring (bicyclic) bond motifs is 1.